The van der Waals surface area contributed by atoms with Crippen LogP contribution in [-0.4, -0.2) is 18.0 Å². The van der Waals surface area contributed by atoms with Gasteiger partial charge in [0.15, 0.2) is 0 Å². The number of halogens is 1. The smallest absolute Gasteiger partial charge is 0.329 e. The molecule has 0 aliphatic rings. The third-order valence-corrected chi connectivity index (χ3v) is 1.47. The minimum Gasteiger partial charge on any atom is -0.361 e. The molecule has 2 amide bonds. The zero-order valence-electron chi connectivity index (χ0n) is 7.61. The SMILES string of the molecule is NC(=O)C(=O)N/N=C/c1ccc(F)cc1. The van der Waals surface area contributed by atoms with E-state index in [9.17, 15) is 14.0 Å². The van der Waals surface area contributed by atoms with Gasteiger partial charge in [-0.3, -0.25) is 9.59 Å². The van der Waals surface area contributed by atoms with Crippen molar-refractivity contribution in [3.63, 3.8) is 0 Å². The zero-order chi connectivity index (χ0) is 11.3. The van der Waals surface area contributed by atoms with Crippen molar-refractivity contribution in [3.8, 4) is 0 Å². The van der Waals surface area contributed by atoms with Gasteiger partial charge in [-0.05, 0) is 17.7 Å². The molecule has 78 valence electrons. The summed E-state index contributed by atoms with van der Waals surface area (Å²) in [5.41, 5.74) is 7.15. The second-order valence-corrected chi connectivity index (χ2v) is 2.61. The number of carbonyl (C=O) groups is 2. The molecule has 0 heterocycles. The molecule has 0 radical (unpaired) electrons. The fourth-order valence-corrected chi connectivity index (χ4v) is 0.769. The van der Waals surface area contributed by atoms with Gasteiger partial charge in [0.25, 0.3) is 0 Å². The van der Waals surface area contributed by atoms with Gasteiger partial charge < -0.3 is 5.73 Å². The van der Waals surface area contributed by atoms with Crippen LogP contribution in [0, 0.1) is 5.82 Å². The topological polar surface area (TPSA) is 84.5 Å². The van der Waals surface area contributed by atoms with Gasteiger partial charge in [-0.1, -0.05) is 12.1 Å². The minimum atomic E-state index is -1.12. The predicted octanol–water partition coefficient (Wildman–Crippen LogP) is -0.239. The number of hydrazone groups is 1. The number of hydrogen-bond acceptors (Lipinski definition) is 3. The minimum absolute atomic E-state index is 0.367. The Morgan fingerprint density at radius 1 is 1.33 bits per heavy atom. The van der Waals surface area contributed by atoms with E-state index in [0.717, 1.165) is 0 Å². The summed E-state index contributed by atoms with van der Waals surface area (Å²) in [5.74, 6) is -2.49. The summed E-state index contributed by atoms with van der Waals surface area (Å²) in [4.78, 5) is 20.9. The Morgan fingerprint density at radius 2 is 1.93 bits per heavy atom. The highest BCUT2D eigenvalue weighted by Gasteiger charge is 2.04. The molecule has 1 aromatic carbocycles. The van der Waals surface area contributed by atoms with Crippen molar-refractivity contribution >= 4 is 18.0 Å². The number of nitrogens with two attached hydrogens (primary N) is 1. The van der Waals surface area contributed by atoms with Crippen molar-refractivity contribution < 1.29 is 14.0 Å². The van der Waals surface area contributed by atoms with Gasteiger partial charge in [-0.2, -0.15) is 5.10 Å². The molecule has 0 aliphatic heterocycles. The molecule has 0 aromatic heterocycles. The highest BCUT2D eigenvalue weighted by atomic mass is 19.1. The van der Waals surface area contributed by atoms with Crippen molar-refractivity contribution in [2.45, 2.75) is 0 Å². The van der Waals surface area contributed by atoms with Gasteiger partial charge in [-0.25, -0.2) is 9.82 Å². The van der Waals surface area contributed by atoms with E-state index in [1.54, 1.807) is 0 Å². The number of benzene rings is 1. The maximum Gasteiger partial charge on any atom is 0.329 e. The Balaban J connectivity index is 2.55. The first-order valence-electron chi connectivity index (χ1n) is 3.98. The molecule has 0 fully saturated rings. The van der Waals surface area contributed by atoms with Crippen molar-refractivity contribution in [1.29, 1.82) is 0 Å². The summed E-state index contributed by atoms with van der Waals surface area (Å²) in [6.45, 7) is 0. The summed E-state index contributed by atoms with van der Waals surface area (Å²) >= 11 is 0. The van der Waals surface area contributed by atoms with Crippen molar-refractivity contribution in [3.05, 3.63) is 35.6 Å². The van der Waals surface area contributed by atoms with Crippen molar-refractivity contribution in [2.75, 3.05) is 0 Å². The van der Waals surface area contributed by atoms with E-state index in [-0.39, 0.29) is 5.82 Å². The molecule has 0 atom stereocenters. The van der Waals surface area contributed by atoms with Crippen LogP contribution >= 0.6 is 0 Å². The van der Waals surface area contributed by atoms with Gasteiger partial charge >= 0.3 is 11.8 Å². The van der Waals surface area contributed by atoms with Gasteiger partial charge in [0.1, 0.15) is 5.82 Å². The Morgan fingerprint density at radius 3 is 2.47 bits per heavy atom. The van der Waals surface area contributed by atoms with E-state index in [0.29, 0.717) is 5.56 Å². The van der Waals surface area contributed by atoms with Crippen LogP contribution in [0.15, 0.2) is 29.4 Å². The molecule has 6 heteroatoms. The number of primary amides is 1. The van der Waals surface area contributed by atoms with Crippen LogP contribution in [0.2, 0.25) is 0 Å². The summed E-state index contributed by atoms with van der Waals surface area (Å²) in [6.07, 6.45) is 1.26. The van der Waals surface area contributed by atoms with E-state index >= 15 is 0 Å². The normalized spacial score (nSPS) is 10.2. The molecule has 0 aliphatic carbocycles. The van der Waals surface area contributed by atoms with Gasteiger partial charge in [-0.15, -0.1) is 0 Å². The lowest BCUT2D eigenvalue weighted by atomic mass is 10.2. The Kier molecular flexibility index (Phi) is 3.50. The third-order valence-electron chi connectivity index (χ3n) is 1.47. The molecule has 1 aromatic rings. The second-order valence-electron chi connectivity index (χ2n) is 2.61. The molecule has 0 unspecified atom stereocenters. The zero-order valence-corrected chi connectivity index (χ0v) is 7.61. The monoisotopic (exact) mass is 209 g/mol. The lowest BCUT2D eigenvalue weighted by Crippen LogP contribution is -2.32. The lowest BCUT2D eigenvalue weighted by molar-refractivity contribution is -0.137. The Hall–Kier alpha value is -2.24. The van der Waals surface area contributed by atoms with Crippen LogP contribution in [-0.2, 0) is 9.59 Å². The fourth-order valence-electron chi connectivity index (χ4n) is 0.769. The standard InChI is InChI=1S/C9H8FN3O2/c10-7-3-1-6(2-4-7)5-12-13-9(15)8(11)14/h1-5H,(H2,11,14)(H,13,15)/b12-5+. The van der Waals surface area contributed by atoms with Crippen molar-refractivity contribution in [1.82, 2.24) is 5.43 Å². The molecular formula is C9H8FN3O2. The first-order chi connectivity index (χ1) is 7.09. The molecule has 5 nitrogen and oxygen atoms in total. The second kappa shape index (κ2) is 4.85. The Labute approximate surface area is 84.8 Å². The van der Waals surface area contributed by atoms with Crippen molar-refractivity contribution in [2.24, 2.45) is 10.8 Å². The predicted molar refractivity (Wildman–Crippen MR) is 51.3 cm³/mol. The molecule has 0 saturated heterocycles. The highest BCUT2D eigenvalue weighted by Crippen LogP contribution is 1.99. The number of rotatable bonds is 2. The summed E-state index contributed by atoms with van der Waals surface area (Å²) in [7, 11) is 0. The van der Waals surface area contributed by atoms with Crippen LogP contribution in [0.5, 0.6) is 0 Å². The maximum atomic E-state index is 12.5. The maximum absolute atomic E-state index is 12.5. The van der Waals surface area contributed by atoms with E-state index in [2.05, 4.69) is 10.8 Å². The Bertz CT molecular complexity index is 400. The summed E-state index contributed by atoms with van der Waals surface area (Å²) < 4.78 is 12.5. The molecule has 0 bridgehead atoms. The molecule has 1 rings (SSSR count). The average Bonchev–Trinajstić information content (AvgIpc) is 2.20. The molecular weight excluding hydrogens is 201 g/mol. The van der Waals surface area contributed by atoms with Crippen LogP contribution in [0.25, 0.3) is 0 Å². The highest BCUT2D eigenvalue weighted by molar-refractivity contribution is 6.34. The fraction of sp³-hybridized carbons (Fsp3) is 0. The number of hydrogen-bond donors (Lipinski definition) is 2. The lowest BCUT2D eigenvalue weighted by Gasteiger charge is -1.94. The molecule has 0 saturated carbocycles. The van der Waals surface area contributed by atoms with Gasteiger partial charge in [0.2, 0.25) is 0 Å². The van der Waals surface area contributed by atoms with Crippen LogP contribution in [0.3, 0.4) is 0 Å². The number of nitrogens with one attached hydrogen (secondary N) is 1. The largest absolute Gasteiger partial charge is 0.361 e. The van der Waals surface area contributed by atoms with E-state index in [4.69, 9.17) is 0 Å². The number of carbonyl (C=O) groups excluding carboxylic acids is 2. The van der Waals surface area contributed by atoms with Crippen LogP contribution in [0.4, 0.5) is 4.39 Å². The number of nitrogens with zero attached hydrogens (tertiary/aromatic N) is 1. The molecule has 15 heavy (non-hydrogen) atoms. The molecule has 3 N–H and O–H groups in total. The van der Waals surface area contributed by atoms with Gasteiger partial charge in [0.05, 0.1) is 6.21 Å². The number of amides is 2. The first kappa shape index (κ1) is 10.8. The summed E-state index contributed by atoms with van der Waals surface area (Å²) in [5, 5.41) is 3.44. The van der Waals surface area contributed by atoms with E-state index < -0.39 is 11.8 Å². The third kappa shape index (κ3) is 3.55. The van der Waals surface area contributed by atoms with E-state index in [1.165, 1.54) is 30.5 Å². The average molecular weight is 209 g/mol. The quantitative estimate of drug-likeness (QED) is 0.400. The molecule has 0 spiro atoms. The van der Waals surface area contributed by atoms with E-state index in [1.807, 2.05) is 5.43 Å². The van der Waals surface area contributed by atoms with Crippen LogP contribution < -0.4 is 11.2 Å². The first-order valence-corrected chi connectivity index (χ1v) is 3.98. The van der Waals surface area contributed by atoms with Crippen LogP contribution in [0.1, 0.15) is 5.56 Å². The van der Waals surface area contributed by atoms with Gasteiger partial charge in [0, 0.05) is 0 Å². The summed E-state index contributed by atoms with van der Waals surface area (Å²) in [6, 6.07) is 5.43.